The van der Waals surface area contributed by atoms with Crippen molar-refractivity contribution in [3.8, 4) is 0 Å². The van der Waals surface area contributed by atoms with Crippen LogP contribution in [0.25, 0.3) is 0 Å². The maximum absolute atomic E-state index is 12.9. The molecule has 0 saturated carbocycles. The summed E-state index contributed by atoms with van der Waals surface area (Å²) in [6, 6.07) is 0. The Morgan fingerprint density at radius 2 is 1.68 bits per heavy atom. The zero-order valence-corrected chi connectivity index (χ0v) is 17.9. The first-order chi connectivity index (χ1) is 13.2. The summed E-state index contributed by atoms with van der Waals surface area (Å²) in [5, 5.41) is 3.91. The fourth-order valence-electron chi connectivity index (χ4n) is 3.90. The maximum Gasteiger partial charge on any atom is 0.282 e. The van der Waals surface area contributed by atoms with E-state index >= 15 is 0 Å². The molecular formula is C18H30N4O5S. The molecule has 158 valence electrons. The summed E-state index contributed by atoms with van der Waals surface area (Å²) in [5.74, 6) is 0.779. The number of carbonyl (C=O) groups is 1. The van der Waals surface area contributed by atoms with Gasteiger partial charge in [-0.1, -0.05) is 5.16 Å². The maximum atomic E-state index is 12.9. The molecule has 2 aliphatic rings. The summed E-state index contributed by atoms with van der Waals surface area (Å²) < 4.78 is 39.6. The Kier molecular flexibility index (Phi) is 6.43. The van der Waals surface area contributed by atoms with Gasteiger partial charge < -0.3 is 14.2 Å². The Bertz CT molecular complexity index is 771. The average Bonchev–Trinajstić information content (AvgIpc) is 2.97. The van der Waals surface area contributed by atoms with Crippen molar-refractivity contribution < 1.29 is 22.5 Å². The van der Waals surface area contributed by atoms with Crippen LogP contribution in [0, 0.1) is 13.8 Å². The van der Waals surface area contributed by atoms with E-state index < -0.39 is 10.2 Å². The lowest BCUT2D eigenvalue weighted by Gasteiger charge is -2.40. The smallest absolute Gasteiger partial charge is 0.282 e. The minimum absolute atomic E-state index is 0.0330. The first-order valence-corrected chi connectivity index (χ1v) is 11.2. The minimum Gasteiger partial charge on any atom is -0.373 e. The van der Waals surface area contributed by atoms with E-state index in [0.29, 0.717) is 52.1 Å². The Balaban J connectivity index is 1.53. The molecule has 28 heavy (non-hydrogen) atoms. The van der Waals surface area contributed by atoms with Crippen molar-refractivity contribution in [3.63, 3.8) is 0 Å². The van der Waals surface area contributed by atoms with E-state index in [4.69, 9.17) is 9.26 Å². The highest BCUT2D eigenvalue weighted by molar-refractivity contribution is 7.86. The number of morpholine rings is 1. The van der Waals surface area contributed by atoms with Gasteiger partial charge in [0.2, 0.25) is 5.91 Å². The van der Waals surface area contributed by atoms with E-state index in [-0.39, 0.29) is 18.1 Å². The Labute approximate surface area is 166 Å². The van der Waals surface area contributed by atoms with Gasteiger partial charge in [-0.25, -0.2) is 0 Å². The zero-order valence-electron chi connectivity index (χ0n) is 17.0. The van der Waals surface area contributed by atoms with Crippen molar-refractivity contribution in [3.05, 3.63) is 17.0 Å². The summed E-state index contributed by atoms with van der Waals surface area (Å²) in [5.41, 5.74) is 1.79. The second-order valence-electron chi connectivity index (χ2n) is 7.66. The van der Waals surface area contributed by atoms with Crippen molar-refractivity contribution in [2.75, 3.05) is 39.3 Å². The fourth-order valence-corrected chi connectivity index (χ4v) is 5.65. The average molecular weight is 415 g/mol. The predicted octanol–water partition coefficient (Wildman–Crippen LogP) is 0.722. The van der Waals surface area contributed by atoms with Crippen LogP contribution < -0.4 is 0 Å². The molecule has 0 aromatic carbocycles. The monoisotopic (exact) mass is 414 g/mol. The van der Waals surface area contributed by atoms with Gasteiger partial charge in [0, 0.05) is 51.3 Å². The topological polar surface area (TPSA) is 96.2 Å². The minimum atomic E-state index is -3.53. The highest BCUT2D eigenvalue weighted by atomic mass is 32.2. The molecule has 1 aromatic rings. The second kappa shape index (κ2) is 8.48. The molecule has 0 radical (unpaired) electrons. The molecule has 2 atom stereocenters. The number of ether oxygens (including phenoxy) is 1. The first kappa shape index (κ1) is 21.2. The number of aryl methyl sites for hydroxylation is 2. The van der Waals surface area contributed by atoms with Gasteiger partial charge in [-0.2, -0.15) is 17.0 Å². The number of aromatic nitrogens is 1. The molecule has 2 aliphatic heterocycles. The Morgan fingerprint density at radius 1 is 1.07 bits per heavy atom. The van der Waals surface area contributed by atoms with Crippen LogP contribution in [0.15, 0.2) is 4.52 Å². The Morgan fingerprint density at radius 3 is 2.21 bits per heavy atom. The molecule has 0 N–H and O–H groups in total. The summed E-state index contributed by atoms with van der Waals surface area (Å²) in [6.45, 7) is 9.67. The Hall–Kier alpha value is -1.49. The quantitative estimate of drug-likeness (QED) is 0.705. The van der Waals surface area contributed by atoms with Crippen LogP contribution in [0.4, 0.5) is 0 Å². The van der Waals surface area contributed by atoms with E-state index in [1.165, 1.54) is 8.61 Å². The molecule has 0 unspecified atom stereocenters. The van der Waals surface area contributed by atoms with Crippen LogP contribution in [-0.2, 0) is 26.2 Å². The highest BCUT2D eigenvalue weighted by Crippen LogP contribution is 2.20. The van der Waals surface area contributed by atoms with Gasteiger partial charge in [-0.3, -0.25) is 4.79 Å². The molecule has 1 amide bonds. The number of amides is 1. The molecular weight excluding hydrogens is 384 g/mol. The van der Waals surface area contributed by atoms with Crippen LogP contribution in [0.3, 0.4) is 0 Å². The molecule has 9 nitrogen and oxygen atoms in total. The van der Waals surface area contributed by atoms with Gasteiger partial charge >= 0.3 is 0 Å². The zero-order chi connectivity index (χ0) is 20.5. The van der Waals surface area contributed by atoms with Crippen LogP contribution in [0.1, 0.15) is 37.3 Å². The lowest BCUT2D eigenvalue weighted by Crippen LogP contribution is -2.57. The van der Waals surface area contributed by atoms with Crippen molar-refractivity contribution in [1.82, 2.24) is 18.7 Å². The number of hydrogen-bond acceptors (Lipinski definition) is 6. The summed E-state index contributed by atoms with van der Waals surface area (Å²) in [6.07, 6.45) is 0.715. The third-order valence-corrected chi connectivity index (χ3v) is 7.37. The number of nitrogens with zero attached hydrogens (tertiary/aromatic N) is 4. The fraction of sp³-hybridized carbons (Fsp3) is 0.778. The number of hydrogen-bond donors (Lipinski definition) is 0. The van der Waals surface area contributed by atoms with Crippen molar-refractivity contribution in [2.24, 2.45) is 0 Å². The lowest BCUT2D eigenvalue weighted by atomic mass is 10.1. The van der Waals surface area contributed by atoms with Gasteiger partial charge in [0.25, 0.3) is 10.2 Å². The van der Waals surface area contributed by atoms with E-state index in [2.05, 4.69) is 5.16 Å². The molecule has 0 aliphatic carbocycles. The van der Waals surface area contributed by atoms with Crippen LogP contribution >= 0.6 is 0 Å². The molecule has 3 heterocycles. The van der Waals surface area contributed by atoms with Crippen LogP contribution in [0.2, 0.25) is 0 Å². The standard InChI is InChI=1S/C18H30N4O5S/c1-13-11-22(12-14(2)26-13)28(24,25)21-9-7-20(8-10-21)18(23)6-5-17-15(3)19-27-16(17)4/h13-14H,5-12H2,1-4H3/t13-,14+. The van der Waals surface area contributed by atoms with E-state index in [1.807, 2.05) is 27.7 Å². The molecule has 0 spiro atoms. The van der Waals surface area contributed by atoms with Gasteiger partial charge in [0.05, 0.1) is 17.9 Å². The molecule has 2 fully saturated rings. The largest absolute Gasteiger partial charge is 0.373 e. The first-order valence-electron chi connectivity index (χ1n) is 9.78. The predicted molar refractivity (Wildman–Crippen MR) is 103 cm³/mol. The second-order valence-corrected chi connectivity index (χ2v) is 9.59. The van der Waals surface area contributed by atoms with Crippen LogP contribution in [0.5, 0.6) is 0 Å². The van der Waals surface area contributed by atoms with E-state index in [9.17, 15) is 13.2 Å². The van der Waals surface area contributed by atoms with Crippen molar-refractivity contribution in [1.29, 1.82) is 0 Å². The van der Waals surface area contributed by atoms with Crippen LogP contribution in [-0.4, -0.2) is 84.5 Å². The van der Waals surface area contributed by atoms with Crippen molar-refractivity contribution in [2.45, 2.75) is 52.7 Å². The van der Waals surface area contributed by atoms with Crippen molar-refractivity contribution >= 4 is 16.1 Å². The molecule has 2 saturated heterocycles. The summed E-state index contributed by atoms with van der Waals surface area (Å²) in [4.78, 5) is 14.3. The molecule has 0 bridgehead atoms. The number of rotatable bonds is 5. The number of carbonyl (C=O) groups excluding carboxylic acids is 1. The van der Waals surface area contributed by atoms with E-state index in [0.717, 1.165) is 17.0 Å². The van der Waals surface area contributed by atoms with Gasteiger partial charge in [0.1, 0.15) is 5.76 Å². The molecule has 1 aromatic heterocycles. The van der Waals surface area contributed by atoms with Gasteiger partial charge in [-0.05, 0) is 34.1 Å². The summed E-state index contributed by atoms with van der Waals surface area (Å²) >= 11 is 0. The van der Waals surface area contributed by atoms with E-state index in [1.54, 1.807) is 4.90 Å². The van der Waals surface area contributed by atoms with Gasteiger partial charge in [0.15, 0.2) is 0 Å². The lowest BCUT2D eigenvalue weighted by molar-refractivity contribution is -0.132. The normalized spacial score (nSPS) is 25.2. The van der Waals surface area contributed by atoms with Gasteiger partial charge in [-0.15, -0.1) is 0 Å². The molecule has 3 rings (SSSR count). The SMILES string of the molecule is Cc1noc(C)c1CCC(=O)N1CCN(S(=O)(=O)N2C[C@@H](C)O[C@@H](C)C2)CC1. The number of piperazine rings is 1. The third-order valence-electron chi connectivity index (χ3n) is 5.40. The summed E-state index contributed by atoms with van der Waals surface area (Å²) in [7, 11) is -3.53. The third kappa shape index (κ3) is 4.56. The highest BCUT2D eigenvalue weighted by Gasteiger charge is 2.37. The molecule has 10 heteroatoms.